The fourth-order valence-electron chi connectivity index (χ4n) is 2.81. The van der Waals surface area contributed by atoms with E-state index in [2.05, 4.69) is 6.92 Å². The molecular formula is C17H25NO2S. The third-order valence-corrected chi connectivity index (χ3v) is 4.04. The van der Waals surface area contributed by atoms with Crippen molar-refractivity contribution in [2.24, 2.45) is 11.7 Å². The minimum Gasteiger partial charge on any atom is -0.491 e. The van der Waals surface area contributed by atoms with Crippen molar-refractivity contribution in [3.05, 3.63) is 29.8 Å². The summed E-state index contributed by atoms with van der Waals surface area (Å²) in [4.78, 5) is 0.513. The molecule has 1 fully saturated rings. The van der Waals surface area contributed by atoms with E-state index in [0.29, 0.717) is 30.7 Å². The van der Waals surface area contributed by atoms with Crippen LogP contribution in [-0.2, 0) is 11.2 Å². The Kier molecular flexibility index (Phi) is 6.46. The lowest BCUT2D eigenvalue weighted by atomic mass is 9.89. The molecule has 0 saturated heterocycles. The highest BCUT2D eigenvalue weighted by molar-refractivity contribution is 7.80. The lowest BCUT2D eigenvalue weighted by molar-refractivity contribution is 0.00196. The molecule has 0 radical (unpaired) electrons. The van der Waals surface area contributed by atoms with Crippen LogP contribution in [0.1, 0.15) is 38.2 Å². The minimum absolute atomic E-state index is 0.422. The van der Waals surface area contributed by atoms with E-state index < -0.39 is 0 Å². The van der Waals surface area contributed by atoms with Gasteiger partial charge in [0.15, 0.2) is 0 Å². The molecular weight excluding hydrogens is 282 g/mol. The molecule has 2 unspecified atom stereocenters. The Morgan fingerprint density at radius 3 is 2.67 bits per heavy atom. The third kappa shape index (κ3) is 6.02. The number of ether oxygens (including phenoxy) is 2. The summed E-state index contributed by atoms with van der Waals surface area (Å²) in [7, 11) is 0. The van der Waals surface area contributed by atoms with Crippen LogP contribution in [0.2, 0.25) is 0 Å². The number of hydrogen-bond acceptors (Lipinski definition) is 3. The van der Waals surface area contributed by atoms with Crippen molar-refractivity contribution in [2.45, 2.75) is 45.1 Å². The van der Waals surface area contributed by atoms with Gasteiger partial charge in [-0.15, -0.1) is 0 Å². The number of nitrogens with two attached hydrogens (primary N) is 1. The summed E-state index contributed by atoms with van der Waals surface area (Å²) in [5.41, 5.74) is 6.64. The Morgan fingerprint density at radius 1 is 1.24 bits per heavy atom. The average molecular weight is 307 g/mol. The van der Waals surface area contributed by atoms with Crippen LogP contribution >= 0.6 is 12.2 Å². The molecule has 2 N–H and O–H groups in total. The quantitative estimate of drug-likeness (QED) is 0.618. The van der Waals surface area contributed by atoms with E-state index in [1.807, 2.05) is 24.3 Å². The van der Waals surface area contributed by atoms with Gasteiger partial charge in [0.25, 0.3) is 0 Å². The van der Waals surface area contributed by atoms with Crippen molar-refractivity contribution in [3.63, 3.8) is 0 Å². The first kappa shape index (κ1) is 16.2. The van der Waals surface area contributed by atoms with Gasteiger partial charge in [-0.05, 0) is 36.5 Å². The van der Waals surface area contributed by atoms with Crippen molar-refractivity contribution in [1.82, 2.24) is 0 Å². The van der Waals surface area contributed by atoms with Crippen LogP contribution in [0.4, 0.5) is 0 Å². The Hall–Kier alpha value is -1.13. The van der Waals surface area contributed by atoms with Gasteiger partial charge in [0, 0.05) is 6.42 Å². The monoisotopic (exact) mass is 307 g/mol. The summed E-state index contributed by atoms with van der Waals surface area (Å²) < 4.78 is 11.6. The van der Waals surface area contributed by atoms with Gasteiger partial charge in [0.2, 0.25) is 0 Å². The van der Waals surface area contributed by atoms with Gasteiger partial charge in [0.05, 0.1) is 17.7 Å². The van der Waals surface area contributed by atoms with Gasteiger partial charge < -0.3 is 15.2 Å². The van der Waals surface area contributed by atoms with Crippen molar-refractivity contribution in [1.29, 1.82) is 0 Å². The highest BCUT2D eigenvalue weighted by Gasteiger charge is 2.18. The van der Waals surface area contributed by atoms with Gasteiger partial charge in [-0.2, -0.15) is 0 Å². The molecule has 2 atom stereocenters. The normalized spacial score (nSPS) is 22.0. The summed E-state index contributed by atoms with van der Waals surface area (Å²) in [5.74, 6) is 1.66. The minimum atomic E-state index is 0.422. The summed E-state index contributed by atoms with van der Waals surface area (Å²) in [6, 6.07) is 7.91. The highest BCUT2D eigenvalue weighted by atomic mass is 32.1. The van der Waals surface area contributed by atoms with Gasteiger partial charge in [-0.3, -0.25) is 0 Å². The number of hydrogen-bond donors (Lipinski definition) is 1. The number of thiocarbonyl (C=S) groups is 1. The first-order valence-electron chi connectivity index (χ1n) is 7.75. The second kappa shape index (κ2) is 8.35. The molecule has 21 heavy (non-hydrogen) atoms. The van der Waals surface area contributed by atoms with E-state index in [9.17, 15) is 0 Å². The molecule has 3 nitrogen and oxygen atoms in total. The van der Waals surface area contributed by atoms with Gasteiger partial charge in [-0.1, -0.05) is 44.1 Å². The van der Waals surface area contributed by atoms with Crippen LogP contribution in [0.25, 0.3) is 0 Å². The van der Waals surface area contributed by atoms with Crippen LogP contribution in [0, 0.1) is 5.92 Å². The lowest BCUT2D eigenvalue weighted by Gasteiger charge is -2.26. The van der Waals surface area contributed by atoms with Crippen LogP contribution < -0.4 is 10.5 Å². The van der Waals surface area contributed by atoms with Crippen molar-refractivity contribution in [2.75, 3.05) is 13.2 Å². The maximum Gasteiger partial charge on any atom is 0.119 e. The molecule has 1 aliphatic carbocycles. The Morgan fingerprint density at radius 2 is 2.00 bits per heavy atom. The summed E-state index contributed by atoms with van der Waals surface area (Å²) in [5, 5.41) is 0. The van der Waals surface area contributed by atoms with Gasteiger partial charge >= 0.3 is 0 Å². The Balaban J connectivity index is 1.65. The molecule has 4 heteroatoms. The molecule has 1 aliphatic rings. The molecule has 0 aliphatic heterocycles. The maximum atomic E-state index is 5.89. The molecule has 0 aromatic heterocycles. The zero-order chi connectivity index (χ0) is 15.1. The predicted molar refractivity (Wildman–Crippen MR) is 89.8 cm³/mol. The smallest absolute Gasteiger partial charge is 0.119 e. The third-order valence-electron chi connectivity index (χ3n) is 3.90. The van der Waals surface area contributed by atoms with E-state index in [0.717, 1.165) is 17.2 Å². The SMILES string of the molecule is CC1CCCC(OCCOc2ccc(CC(N)=S)cc2)C1. The van der Waals surface area contributed by atoms with Crippen molar-refractivity contribution < 1.29 is 9.47 Å². The van der Waals surface area contributed by atoms with E-state index in [-0.39, 0.29) is 0 Å². The highest BCUT2D eigenvalue weighted by Crippen LogP contribution is 2.25. The Labute approximate surface area is 132 Å². The number of rotatable bonds is 7. The fourth-order valence-corrected chi connectivity index (χ4v) is 2.98. The zero-order valence-corrected chi connectivity index (χ0v) is 13.5. The summed E-state index contributed by atoms with van der Waals surface area (Å²) >= 11 is 4.90. The molecule has 1 aromatic rings. The molecule has 0 spiro atoms. The number of benzene rings is 1. The second-order valence-corrected chi connectivity index (χ2v) is 6.42. The van der Waals surface area contributed by atoms with Crippen molar-refractivity contribution >= 4 is 17.2 Å². The molecule has 116 valence electrons. The van der Waals surface area contributed by atoms with Crippen LogP contribution in [0.3, 0.4) is 0 Å². The van der Waals surface area contributed by atoms with Crippen LogP contribution in [0.5, 0.6) is 5.75 Å². The largest absolute Gasteiger partial charge is 0.491 e. The molecule has 0 heterocycles. The molecule has 2 rings (SSSR count). The predicted octanol–water partition coefficient (Wildman–Crippen LogP) is 3.49. The molecule has 1 saturated carbocycles. The second-order valence-electron chi connectivity index (χ2n) is 5.90. The Bertz CT molecular complexity index is 447. The van der Waals surface area contributed by atoms with E-state index in [1.165, 1.54) is 25.7 Å². The topological polar surface area (TPSA) is 44.5 Å². The van der Waals surface area contributed by atoms with Gasteiger partial charge in [0.1, 0.15) is 12.4 Å². The molecule has 1 aromatic carbocycles. The standard InChI is InChI=1S/C17H25NO2S/c1-13-3-2-4-16(11-13)20-10-9-19-15-7-5-14(6-8-15)12-17(18)21/h5-8,13,16H,2-4,9-12H2,1H3,(H2,18,21). The summed E-state index contributed by atoms with van der Waals surface area (Å²) in [6.07, 6.45) is 6.07. The molecule has 0 amide bonds. The van der Waals surface area contributed by atoms with Gasteiger partial charge in [-0.25, -0.2) is 0 Å². The average Bonchev–Trinajstić information content (AvgIpc) is 2.45. The van der Waals surface area contributed by atoms with Crippen LogP contribution in [-0.4, -0.2) is 24.3 Å². The van der Waals surface area contributed by atoms with E-state index in [1.54, 1.807) is 0 Å². The van der Waals surface area contributed by atoms with Crippen LogP contribution in [0.15, 0.2) is 24.3 Å². The van der Waals surface area contributed by atoms with Crippen molar-refractivity contribution in [3.8, 4) is 5.75 Å². The molecule has 0 bridgehead atoms. The zero-order valence-electron chi connectivity index (χ0n) is 12.7. The summed E-state index contributed by atoms with van der Waals surface area (Å²) in [6.45, 7) is 3.56. The first-order chi connectivity index (χ1) is 10.1. The fraction of sp³-hybridized carbons (Fsp3) is 0.588. The van der Waals surface area contributed by atoms with E-state index >= 15 is 0 Å². The van der Waals surface area contributed by atoms with E-state index in [4.69, 9.17) is 27.4 Å². The lowest BCUT2D eigenvalue weighted by Crippen LogP contribution is -2.23. The first-order valence-corrected chi connectivity index (χ1v) is 8.16. The maximum absolute atomic E-state index is 5.89.